The van der Waals surface area contributed by atoms with Gasteiger partial charge in [-0.15, -0.1) is 0 Å². The van der Waals surface area contributed by atoms with Crippen molar-refractivity contribution in [2.75, 3.05) is 16.4 Å². The van der Waals surface area contributed by atoms with Crippen molar-refractivity contribution in [1.29, 1.82) is 0 Å². The monoisotopic (exact) mass is 354 g/mol. The van der Waals surface area contributed by atoms with Crippen LogP contribution in [0.1, 0.15) is 31.1 Å². The quantitative estimate of drug-likeness (QED) is 0.536. The molecule has 0 radical (unpaired) electrons. The molecule has 9 heteroatoms. The van der Waals surface area contributed by atoms with Gasteiger partial charge in [0.1, 0.15) is 5.82 Å². The first-order valence-electron chi connectivity index (χ1n) is 8.02. The van der Waals surface area contributed by atoms with Gasteiger partial charge in [0.2, 0.25) is 17.8 Å². The maximum atomic E-state index is 13.0. The highest BCUT2D eigenvalue weighted by atomic mass is 19.1. The normalized spacial score (nSPS) is 12.3. The number of nitrogens with zero attached hydrogens (tertiary/aromatic N) is 4. The third kappa shape index (κ3) is 4.32. The first-order chi connectivity index (χ1) is 12.5. The summed E-state index contributed by atoms with van der Waals surface area (Å²) in [5, 5.41) is 13.1. The number of nitrogens with two attached hydrogens (primary N) is 1. The minimum atomic E-state index is -0.284. The molecule has 8 nitrogen and oxygen atoms in total. The van der Waals surface area contributed by atoms with E-state index < -0.39 is 0 Å². The van der Waals surface area contributed by atoms with Crippen molar-refractivity contribution < 1.29 is 4.39 Å². The fraction of sp³-hybridized carbons (Fsp3) is 0.176. The van der Waals surface area contributed by atoms with Crippen LogP contribution in [0.5, 0.6) is 0 Å². The van der Waals surface area contributed by atoms with E-state index >= 15 is 0 Å². The molecule has 5 N–H and O–H groups in total. The second-order valence-corrected chi connectivity index (χ2v) is 5.59. The van der Waals surface area contributed by atoms with E-state index in [1.54, 1.807) is 12.1 Å². The van der Waals surface area contributed by atoms with E-state index in [2.05, 4.69) is 35.8 Å². The van der Waals surface area contributed by atoms with E-state index in [9.17, 15) is 4.39 Å². The Morgan fingerprint density at radius 2 is 1.88 bits per heavy atom. The van der Waals surface area contributed by atoms with Crippen molar-refractivity contribution >= 4 is 29.7 Å². The van der Waals surface area contributed by atoms with Gasteiger partial charge in [0.15, 0.2) is 5.82 Å². The van der Waals surface area contributed by atoms with Gasteiger partial charge in [0.25, 0.3) is 0 Å². The first kappa shape index (κ1) is 17.3. The molecule has 1 aromatic carbocycles. The molecule has 134 valence electrons. The second kappa shape index (κ2) is 7.60. The molecule has 1 unspecified atom stereocenters. The van der Waals surface area contributed by atoms with Crippen LogP contribution in [0.4, 0.5) is 28.1 Å². The minimum Gasteiger partial charge on any atom is -0.368 e. The summed E-state index contributed by atoms with van der Waals surface area (Å²) in [7, 11) is 0. The Labute approximate surface area is 149 Å². The largest absolute Gasteiger partial charge is 0.368 e. The number of aromatic nitrogens is 5. The van der Waals surface area contributed by atoms with Crippen molar-refractivity contribution in [1.82, 2.24) is 25.1 Å². The number of nitrogen functional groups attached to an aromatic ring is 1. The molecule has 2 aromatic heterocycles. The Morgan fingerprint density at radius 3 is 2.62 bits per heavy atom. The fourth-order valence-electron chi connectivity index (χ4n) is 2.32. The van der Waals surface area contributed by atoms with Gasteiger partial charge in [-0.05, 0) is 37.6 Å². The topological polar surface area (TPSA) is 117 Å². The van der Waals surface area contributed by atoms with E-state index in [1.165, 1.54) is 12.1 Å². The zero-order chi connectivity index (χ0) is 18.5. The molecule has 26 heavy (non-hydrogen) atoms. The van der Waals surface area contributed by atoms with Crippen LogP contribution >= 0.6 is 0 Å². The third-order valence-corrected chi connectivity index (χ3v) is 3.55. The van der Waals surface area contributed by atoms with E-state index in [0.29, 0.717) is 11.8 Å². The molecule has 0 aliphatic carbocycles. The SMILES string of the molecule is C/C=C/c1cc(Nc2nc(N)nc(NC(C)c3ccc(F)cc3)n2)n[nH]1. The molecule has 3 aromatic rings. The second-order valence-electron chi connectivity index (χ2n) is 5.59. The highest BCUT2D eigenvalue weighted by molar-refractivity contribution is 5.56. The number of rotatable bonds is 6. The molecule has 0 aliphatic rings. The lowest BCUT2D eigenvalue weighted by atomic mass is 10.1. The van der Waals surface area contributed by atoms with Crippen molar-refractivity contribution in [3.63, 3.8) is 0 Å². The number of H-pyrrole nitrogens is 1. The average molecular weight is 354 g/mol. The molecular weight excluding hydrogens is 335 g/mol. The molecule has 2 heterocycles. The lowest BCUT2D eigenvalue weighted by Crippen LogP contribution is -2.12. The molecule has 0 spiro atoms. The lowest BCUT2D eigenvalue weighted by molar-refractivity contribution is 0.626. The highest BCUT2D eigenvalue weighted by Gasteiger charge is 2.11. The van der Waals surface area contributed by atoms with Crippen LogP contribution in [-0.4, -0.2) is 25.1 Å². The van der Waals surface area contributed by atoms with E-state index in [0.717, 1.165) is 11.3 Å². The zero-order valence-electron chi connectivity index (χ0n) is 14.4. The van der Waals surface area contributed by atoms with Gasteiger partial charge in [-0.2, -0.15) is 20.1 Å². The Kier molecular flexibility index (Phi) is 5.07. The van der Waals surface area contributed by atoms with Gasteiger partial charge in [0.05, 0.1) is 11.7 Å². The van der Waals surface area contributed by atoms with Crippen LogP contribution in [0.2, 0.25) is 0 Å². The van der Waals surface area contributed by atoms with E-state index in [4.69, 9.17) is 5.73 Å². The Bertz CT molecular complexity index is 903. The summed E-state index contributed by atoms with van der Waals surface area (Å²) in [6.07, 6.45) is 3.79. The molecule has 0 amide bonds. The van der Waals surface area contributed by atoms with Crippen LogP contribution in [0.15, 0.2) is 36.4 Å². The number of anilines is 4. The van der Waals surface area contributed by atoms with Gasteiger partial charge in [-0.3, -0.25) is 5.10 Å². The van der Waals surface area contributed by atoms with Crippen molar-refractivity contribution in [2.45, 2.75) is 19.9 Å². The van der Waals surface area contributed by atoms with Gasteiger partial charge in [0, 0.05) is 6.07 Å². The van der Waals surface area contributed by atoms with Crippen LogP contribution < -0.4 is 16.4 Å². The molecule has 0 saturated heterocycles. The van der Waals surface area contributed by atoms with Crippen molar-refractivity contribution in [3.05, 3.63) is 53.5 Å². The summed E-state index contributed by atoms with van der Waals surface area (Å²) in [4.78, 5) is 12.4. The van der Waals surface area contributed by atoms with Crippen molar-refractivity contribution in [3.8, 4) is 0 Å². The van der Waals surface area contributed by atoms with Gasteiger partial charge < -0.3 is 16.4 Å². The number of halogens is 1. The zero-order valence-corrected chi connectivity index (χ0v) is 14.4. The number of allylic oxidation sites excluding steroid dienone is 1. The van der Waals surface area contributed by atoms with E-state index in [1.807, 2.05) is 32.1 Å². The number of nitrogens with one attached hydrogen (secondary N) is 3. The molecular formula is C17H19FN8. The molecule has 0 fully saturated rings. The Balaban J connectivity index is 1.75. The standard InChI is InChI=1S/C17H19FN8/c1-3-4-13-9-14(26-25-13)21-17-23-15(19)22-16(24-17)20-10(2)11-5-7-12(18)8-6-11/h3-10H,1-2H3,(H5,19,20,21,22,23,24,25,26)/b4-3+. The summed E-state index contributed by atoms with van der Waals surface area (Å²) < 4.78 is 13.0. The lowest BCUT2D eigenvalue weighted by Gasteiger charge is -2.14. The molecule has 1 atom stereocenters. The predicted molar refractivity (Wildman–Crippen MR) is 99.3 cm³/mol. The van der Waals surface area contributed by atoms with Crippen molar-refractivity contribution in [2.24, 2.45) is 0 Å². The minimum absolute atomic E-state index is 0.0699. The average Bonchev–Trinajstić information content (AvgIpc) is 3.02. The van der Waals surface area contributed by atoms with Crippen LogP contribution in [-0.2, 0) is 0 Å². The first-order valence-corrected chi connectivity index (χ1v) is 8.02. The van der Waals surface area contributed by atoms with E-state index in [-0.39, 0.29) is 23.8 Å². The number of aromatic amines is 1. The molecule has 0 bridgehead atoms. The van der Waals surface area contributed by atoms with Crippen LogP contribution in [0, 0.1) is 5.82 Å². The Morgan fingerprint density at radius 1 is 1.15 bits per heavy atom. The fourth-order valence-corrected chi connectivity index (χ4v) is 2.32. The summed E-state index contributed by atoms with van der Waals surface area (Å²) in [6, 6.07) is 7.88. The number of hydrogen-bond acceptors (Lipinski definition) is 7. The highest BCUT2D eigenvalue weighted by Crippen LogP contribution is 2.19. The molecule has 0 saturated carbocycles. The smallest absolute Gasteiger partial charge is 0.235 e. The summed E-state index contributed by atoms with van der Waals surface area (Å²) in [5.74, 6) is 0.917. The Hall–Kier alpha value is -3.49. The predicted octanol–water partition coefficient (Wildman–Crippen LogP) is 3.27. The summed E-state index contributed by atoms with van der Waals surface area (Å²) in [5.41, 5.74) is 7.51. The number of benzene rings is 1. The molecule has 0 aliphatic heterocycles. The summed E-state index contributed by atoms with van der Waals surface area (Å²) >= 11 is 0. The van der Waals surface area contributed by atoms with Gasteiger partial charge in [-0.1, -0.05) is 18.2 Å². The number of hydrogen-bond donors (Lipinski definition) is 4. The van der Waals surface area contributed by atoms with Gasteiger partial charge in [-0.25, -0.2) is 4.39 Å². The van der Waals surface area contributed by atoms with Crippen LogP contribution in [0.3, 0.4) is 0 Å². The maximum Gasteiger partial charge on any atom is 0.235 e. The summed E-state index contributed by atoms with van der Waals surface area (Å²) in [6.45, 7) is 3.83. The van der Waals surface area contributed by atoms with Gasteiger partial charge >= 0.3 is 0 Å². The van der Waals surface area contributed by atoms with Crippen LogP contribution in [0.25, 0.3) is 6.08 Å². The third-order valence-electron chi connectivity index (χ3n) is 3.55. The maximum absolute atomic E-state index is 13.0. The molecule has 3 rings (SSSR count).